The van der Waals surface area contributed by atoms with Crippen LogP contribution in [-0.4, -0.2) is 4.57 Å². The number of fused-ring (bicyclic) bond motifs is 5. The fraction of sp³-hybridized carbons (Fsp3) is 0. The monoisotopic (exact) mass is 419 g/mol. The average Bonchev–Trinajstić information content (AvgIpc) is 3.22. The molecule has 0 aliphatic rings. The normalized spacial score (nSPS) is 11.6. The van der Waals surface area contributed by atoms with E-state index in [4.69, 9.17) is 0 Å². The maximum Gasteiger partial charge on any atom is 0.0547 e. The molecular weight excluding hydrogens is 398 g/mol. The first kappa shape index (κ1) is 18.2. The van der Waals surface area contributed by atoms with E-state index in [1.165, 1.54) is 60.2 Å². The number of benzene rings is 6. The van der Waals surface area contributed by atoms with Crippen molar-refractivity contribution in [3.8, 4) is 16.8 Å². The Hall–Kier alpha value is -4.36. The second-order valence-electron chi connectivity index (χ2n) is 8.58. The van der Waals surface area contributed by atoms with E-state index >= 15 is 0 Å². The Morgan fingerprint density at radius 2 is 1.00 bits per heavy atom. The molecule has 0 bridgehead atoms. The van der Waals surface area contributed by atoms with E-state index in [-0.39, 0.29) is 0 Å². The number of rotatable bonds is 2. The summed E-state index contributed by atoms with van der Waals surface area (Å²) in [5.41, 5.74) is 6.22. The summed E-state index contributed by atoms with van der Waals surface area (Å²) in [7, 11) is 0. The molecule has 0 N–H and O–H groups in total. The molecule has 0 unspecified atom stereocenters. The zero-order chi connectivity index (χ0) is 21.8. The summed E-state index contributed by atoms with van der Waals surface area (Å²) in [4.78, 5) is 0. The van der Waals surface area contributed by atoms with Crippen LogP contribution in [0.3, 0.4) is 0 Å². The van der Waals surface area contributed by atoms with Crippen molar-refractivity contribution in [1.82, 2.24) is 4.57 Å². The van der Waals surface area contributed by atoms with Gasteiger partial charge in [0.05, 0.1) is 16.7 Å². The Balaban J connectivity index is 1.73. The topological polar surface area (TPSA) is 4.93 Å². The van der Waals surface area contributed by atoms with Crippen LogP contribution < -0.4 is 0 Å². The fourth-order valence-electron chi connectivity index (χ4n) is 5.38. The molecule has 0 saturated heterocycles. The van der Waals surface area contributed by atoms with Crippen LogP contribution in [0.2, 0.25) is 0 Å². The standard InChI is InChI=1S/C32H21N/c1-2-11-22(12-3-1)31-25-15-5-4-13-23(25)21-24-14-10-20-30(32(24)31)33-28-18-8-6-16-26(28)27-17-7-9-19-29(27)33/h1-21H. The lowest BCUT2D eigenvalue weighted by atomic mass is 9.91. The van der Waals surface area contributed by atoms with Crippen LogP contribution in [0.5, 0.6) is 0 Å². The highest BCUT2D eigenvalue weighted by Crippen LogP contribution is 2.41. The molecule has 1 heterocycles. The van der Waals surface area contributed by atoms with E-state index in [0.717, 1.165) is 0 Å². The Morgan fingerprint density at radius 1 is 0.424 bits per heavy atom. The van der Waals surface area contributed by atoms with Gasteiger partial charge in [-0.2, -0.15) is 0 Å². The van der Waals surface area contributed by atoms with Crippen LogP contribution >= 0.6 is 0 Å². The molecule has 0 aliphatic carbocycles. The molecule has 0 radical (unpaired) electrons. The predicted molar refractivity (Wildman–Crippen MR) is 141 cm³/mol. The molecule has 0 amide bonds. The van der Waals surface area contributed by atoms with Crippen molar-refractivity contribution in [1.29, 1.82) is 0 Å². The second-order valence-corrected chi connectivity index (χ2v) is 8.58. The second kappa shape index (κ2) is 7.08. The van der Waals surface area contributed by atoms with Crippen molar-refractivity contribution in [2.45, 2.75) is 0 Å². The molecule has 0 atom stereocenters. The van der Waals surface area contributed by atoms with Crippen molar-refractivity contribution in [3.63, 3.8) is 0 Å². The van der Waals surface area contributed by atoms with Crippen molar-refractivity contribution in [2.75, 3.05) is 0 Å². The molecule has 33 heavy (non-hydrogen) atoms. The van der Waals surface area contributed by atoms with E-state index < -0.39 is 0 Å². The van der Waals surface area contributed by atoms with Crippen LogP contribution in [0.25, 0.3) is 60.2 Å². The third-order valence-electron chi connectivity index (χ3n) is 6.75. The molecule has 7 aromatic rings. The van der Waals surface area contributed by atoms with Gasteiger partial charge in [-0.05, 0) is 51.6 Å². The van der Waals surface area contributed by atoms with Crippen LogP contribution in [0.4, 0.5) is 0 Å². The molecular formula is C32H21N. The number of hydrogen-bond acceptors (Lipinski definition) is 0. The van der Waals surface area contributed by atoms with Gasteiger partial charge in [0.25, 0.3) is 0 Å². The van der Waals surface area contributed by atoms with Crippen molar-refractivity contribution >= 4 is 43.4 Å². The van der Waals surface area contributed by atoms with E-state index in [0.29, 0.717) is 0 Å². The van der Waals surface area contributed by atoms with Crippen LogP contribution in [-0.2, 0) is 0 Å². The van der Waals surface area contributed by atoms with Gasteiger partial charge in [-0.3, -0.25) is 0 Å². The first-order valence-electron chi connectivity index (χ1n) is 11.4. The highest BCUT2D eigenvalue weighted by Gasteiger charge is 2.17. The summed E-state index contributed by atoms with van der Waals surface area (Å²) in [5.74, 6) is 0. The summed E-state index contributed by atoms with van der Waals surface area (Å²) in [6, 6.07) is 46.0. The van der Waals surface area contributed by atoms with E-state index in [9.17, 15) is 0 Å². The minimum Gasteiger partial charge on any atom is -0.309 e. The van der Waals surface area contributed by atoms with Gasteiger partial charge >= 0.3 is 0 Å². The van der Waals surface area contributed by atoms with Crippen LogP contribution in [0.1, 0.15) is 0 Å². The van der Waals surface area contributed by atoms with Gasteiger partial charge in [0, 0.05) is 16.2 Å². The Labute approximate surface area is 192 Å². The lowest BCUT2D eigenvalue weighted by Crippen LogP contribution is -1.97. The molecule has 1 heteroatoms. The molecule has 7 rings (SSSR count). The molecule has 0 aliphatic heterocycles. The molecule has 0 fully saturated rings. The molecule has 0 saturated carbocycles. The lowest BCUT2D eigenvalue weighted by molar-refractivity contribution is 1.20. The predicted octanol–water partition coefficient (Wildman–Crippen LogP) is 8.76. The molecule has 1 nitrogen and oxygen atoms in total. The van der Waals surface area contributed by atoms with Crippen molar-refractivity contribution in [3.05, 3.63) is 127 Å². The van der Waals surface area contributed by atoms with Gasteiger partial charge in [-0.15, -0.1) is 0 Å². The SMILES string of the molecule is c1ccc(-c2c3ccccc3cc3cccc(-n4c5ccccc5c5ccccc54)c23)cc1. The van der Waals surface area contributed by atoms with Gasteiger partial charge in [-0.25, -0.2) is 0 Å². The summed E-state index contributed by atoms with van der Waals surface area (Å²) < 4.78 is 2.44. The Bertz CT molecular complexity index is 1750. The van der Waals surface area contributed by atoms with Crippen LogP contribution in [0.15, 0.2) is 127 Å². The molecule has 0 spiro atoms. The minimum atomic E-state index is 1.22. The van der Waals surface area contributed by atoms with Crippen LogP contribution in [0, 0.1) is 0 Å². The largest absolute Gasteiger partial charge is 0.309 e. The lowest BCUT2D eigenvalue weighted by Gasteiger charge is -2.17. The molecule has 154 valence electrons. The molecule has 1 aromatic heterocycles. The maximum atomic E-state index is 2.44. The van der Waals surface area contributed by atoms with Gasteiger partial charge in [-0.1, -0.05) is 103 Å². The summed E-state index contributed by atoms with van der Waals surface area (Å²) in [5, 5.41) is 7.66. The Morgan fingerprint density at radius 3 is 1.73 bits per heavy atom. The first-order valence-corrected chi connectivity index (χ1v) is 11.4. The smallest absolute Gasteiger partial charge is 0.0547 e. The highest BCUT2D eigenvalue weighted by molar-refractivity contribution is 6.17. The zero-order valence-electron chi connectivity index (χ0n) is 18.1. The van der Waals surface area contributed by atoms with Crippen molar-refractivity contribution in [2.24, 2.45) is 0 Å². The number of para-hydroxylation sites is 2. The summed E-state index contributed by atoms with van der Waals surface area (Å²) in [6.07, 6.45) is 0. The summed E-state index contributed by atoms with van der Waals surface area (Å²) >= 11 is 0. The third kappa shape index (κ3) is 2.66. The number of nitrogens with zero attached hydrogens (tertiary/aromatic N) is 1. The maximum absolute atomic E-state index is 2.44. The van der Waals surface area contributed by atoms with Gasteiger partial charge < -0.3 is 4.57 Å². The Kier molecular flexibility index (Phi) is 3.91. The fourth-order valence-corrected chi connectivity index (χ4v) is 5.38. The van der Waals surface area contributed by atoms with Gasteiger partial charge in [0.15, 0.2) is 0 Å². The number of aromatic nitrogens is 1. The van der Waals surface area contributed by atoms with E-state index in [2.05, 4.69) is 132 Å². The molecule has 6 aromatic carbocycles. The van der Waals surface area contributed by atoms with E-state index in [1.54, 1.807) is 0 Å². The minimum absolute atomic E-state index is 1.22. The first-order chi connectivity index (χ1) is 16.4. The van der Waals surface area contributed by atoms with Gasteiger partial charge in [0.1, 0.15) is 0 Å². The van der Waals surface area contributed by atoms with E-state index in [1.807, 2.05) is 0 Å². The highest BCUT2D eigenvalue weighted by atomic mass is 15.0. The number of hydrogen-bond donors (Lipinski definition) is 0. The average molecular weight is 420 g/mol. The van der Waals surface area contributed by atoms with Crippen molar-refractivity contribution < 1.29 is 0 Å². The zero-order valence-corrected chi connectivity index (χ0v) is 18.1. The summed E-state index contributed by atoms with van der Waals surface area (Å²) in [6.45, 7) is 0. The third-order valence-corrected chi connectivity index (χ3v) is 6.75. The quantitative estimate of drug-likeness (QED) is 0.247. The van der Waals surface area contributed by atoms with Gasteiger partial charge in [0.2, 0.25) is 0 Å².